The maximum absolute atomic E-state index is 12.6. The minimum Gasteiger partial charge on any atom is -0.396 e. The Labute approximate surface area is 129 Å². The summed E-state index contributed by atoms with van der Waals surface area (Å²) in [5.74, 6) is 0.196. The second kappa shape index (κ2) is 6.62. The Hall–Kier alpha value is -0.330. The molecule has 112 valence electrons. The average Bonchev–Trinajstić information content (AvgIpc) is 2.42. The number of aliphatic hydroxyl groups excluding tert-OH is 1. The highest BCUT2D eigenvalue weighted by Crippen LogP contribution is 2.33. The molecule has 1 unspecified atom stereocenters. The zero-order chi connectivity index (χ0) is 14.8. The van der Waals surface area contributed by atoms with Crippen molar-refractivity contribution in [1.29, 1.82) is 0 Å². The molecule has 1 fully saturated rings. The Morgan fingerprint density at radius 1 is 1.35 bits per heavy atom. The van der Waals surface area contributed by atoms with Crippen LogP contribution in [0.3, 0.4) is 0 Å². The van der Waals surface area contributed by atoms with E-state index in [1.165, 1.54) is 10.4 Å². The highest BCUT2D eigenvalue weighted by Gasteiger charge is 2.31. The quantitative estimate of drug-likeness (QED) is 0.918. The maximum atomic E-state index is 12.6. The van der Waals surface area contributed by atoms with Crippen molar-refractivity contribution in [3.05, 3.63) is 28.2 Å². The van der Waals surface area contributed by atoms with E-state index in [4.69, 9.17) is 28.3 Å². The number of sulfonamides is 1. The lowest BCUT2D eigenvalue weighted by molar-refractivity contribution is 0.203. The van der Waals surface area contributed by atoms with E-state index in [1.54, 1.807) is 12.1 Å². The molecule has 1 heterocycles. The van der Waals surface area contributed by atoms with Gasteiger partial charge in [0.15, 0.2) is 0 Å². The van der Waals surface area contributed by atoms with E-state index < -0.39 is 10.0 Å². The van der Waals surface area contributed by atoms with Crippen LogP contribution in [-0.2, 0) is 10.0 Å². The predicted octanol–water partition coefficient (Wildman–Crippen LogP) is 2.78. The van der Waals surface area contributed by atoms with Crippen LogP contribution in [0.2, 0.25) is 10.0 Å². The Kier molecular flexibility index (Phi) is 5.31. The Morgan fingerprint density at radius 3 is 2.80 bits per heavy atom. The normalized spacial score (nSPS) is 21.1. The summed E-state index contributed by atoms with van der Waals surface area (Å²) >= 11 is 11.9. The summed E-state index contributed by atoms with van der Waals surface area (Å²) in [6.45, 7) is 0.981. The first-order chi connectivity index (χ1) is 9.46. The van der Waals surface area contributed by atoms with Gasteiger partial charge in [0.05, 0.1) is 10.0 Å². The maximum Gasteiger partial charge on any atom is 0.244 e. The standard InChI is InChI=1S/C13H17Cl2NO3S/c14-11-4-1-5-12(13(11)15)20(18,19)16-7-2-3-10(9-16)6-8-17/h1,4-5,10,17H,2-3,6-9H2. The predicted molar refractivity (Wildman–Crippen MR) is 79.6 cm³/mol. The number of hydrogen-bond acceptors (Lipinski definition) is 3. The number of nitrogens with zero attached hydrogens (tertiary/aromatic N) is 1. The molecule has 0 bridgehead atoms. The number of hydrogen-bond donors (Lipinski definition) is 1. The fraction of sp³-hybridized carbons (Fsp3) is 0.538. The van der Waals surface area contributed by atoms with Crippen molar-refractivity contribution in [2.45, 2.75) is 24.2 Å². The van der Waals surface area contributed by atoms with Crippen LogP contribution in [0.4, 0.5) is 0 Å². The van der Waals surface area contributed by atoms with Crippen LogP contribution in [0.5, 0.6) is 0 Å². The molecule has 0 amide bonds. The van der Waals surface area contributed by atoms with E-state index in [2.05, 4.69) is 0 Å². The molecule has 0 saturated carbocycles. The van der Waals surface area contributed by atoms with Crippen LogP contribution in [0.15, 0.2) is 23.1 Å². The number of piperidine rings is 1. The van der Waals surface area contributed by atoms with Crippen molar-refractivity contribution >= 4 is 33.2 Å². The molecular weight excluding hydrogens is 321 g/mol. The zero-order valence-electron chi connectivity index (χ0n) is 10.9. The van der Waals surface area contributed by atoms with Crippen molar-refractivity contribution in [2.24, 2.45) is 5.92 Å². The third-order valence-electron chi connectivity index (χ3n) is 3.55. The Morgan fingerprint density at radius 2 is 2.10 bits per heavy atom. The molecule has 0 aliphatic carbocycles. The highest BCUT2D eigenvalue weighted by atomic mass is 35.5. The van der Waals surface area contributed by atoms with E-state index in [0.717, 1.165) is 12.8 Å². The Balaban J connectivity index is 2.28. The van der Waals surface area contributed by atoms with Gasteiger partial charge in [0, 0.05) is 19.7 Å². The van der Waals surface area contributed by atoms with Gasteiger partial charge in [0.25, 0.3) is 0 Å². The Bertz CT molecular complexity index is 575. The molecule has 4 nitrogen and oxygen atoms in total. The first kappa shape index (κ1) is 16.0. The van der Waals surface area contributed by atoms with Crippen LogP contribution in [0.1, 0.15) is 19.3 Å². The van der Waals surface area contributed by atoms with Crippen molar-refractivity contribution in [3.63, 3.8) is 0 Å². The van der Waals surface area contributed by atoms with Gasteiger partial charge in [-0.1, -0.05) is 29.3 Å². The average molecular weight is 338 g/mol. The van der Waals surface area contributed by atoms with E-state index in [0.29, 0.717) is 19.5 Å². The van der Waals surface area contributed by atoms with Gasteiger partial charge in [-0.2, -0.15) is 4.31 Å². The van der Waals surface area contributed by atoms with Crippen LogP contribution in [-0.4, -0.2) is 37.5 Å². The smallest absolute Gasteiger partial charge is 0.244 e. The van der Waals surface area contributed by atoms with Crippen LogP contribution >= 0.6 is 23.2 Å². The van der Waals surface area contributed by atoms with Crippen molar-refractivity contribution in [1.82, 2.24) is 4.31 Å². The molecule has 1 aromatic carbocycles. The molecule has 1 N–H and O–H groups in total. The molecule has 1 aromatic rings. The molecule has 1 aliphatic rings. The fourth-order valence-corrected chi connectivity index (χ4v) is 4.78. The van der Waals surface area contributed by atoms with Crippen molar-refractivity contribution in [2.75, 3.05) is 19.7 Å². The monoisotopic (exact) mass is 337 g/mol. The summed E-state index contributed by atoms with van der Waals surface area (Å²) in [6, 6.07) is 4.61. The van der Waals surface area contributed by atoms with Gasteiger partial charge < -0.3 is 5.11 Å². The van der Waals surface area contributed by atoms with Crippen LogP contribution < -0.4 is 0 Å². The summed E-state index contributed by atoms with van der Waals surface area (Å²) in [5.41, 5.74) is 0. The molecule has 20 heavy (non-hydrogen) atoms. The molecule has 0 radical (unpaired) electrons. The van der Waals surface area contributed by atoms with E-state index >= 15 is 0 Å². The van der Waals surface area contributed by atoms with Gasteiger partial charge >= 0.3 is 0 Å². The minimum atomic E-state index is -3.63. The van der Waals surface area contributed by atoms with E-state index in [-0.39, 0.29) is 27.5 Å². The largest absolute Gasteiger partial charge is 0.396 e. The number of aliphatic hydroxyl groups is 1. The molecule has 7 heteroatoms. The number of benzene rings is 1. The van der Waals surface area contributed by atoms with Gasteiger partial charge in [-0.05, 0) is 37.3 Å². The van der Waals surface area contributed by atoms with Gasteiger partial charge in [-0.25, -0.2) is 8.42 Å². The first-order valence-corrected chi connectivity index (χ1v) is 8.71. The van der Waals surface area contributed by atoms with E-state index in [1.807, 2.05) is 0 Å². The first-order valence-electron chi connectivity index (χ1n) is 6.52. The second-order valence-corrected chi connectivity index (χ2v) is 7.63. The lowest BCUT2D eigenvalue weighted by Gasteiger charge is -2.31. The summed E-state index contributed by atoms with van der Waals surface area (Å²) in [4.78, 5) is 0.0521. The topological polar surface area (TPSA) is 57.6 Å². The molecular formula is C13H17Cl2NO3S. The molecule has 0 aromatic heterocycles. The molecule has 1 atom stereocenters. The molecule has 1 saturated heterocycles. The summed E-state index contributed by atoms with van der Waals surface area (Å²) in [6.07, 6.45) is 2.35. The summed E-state index contributed by atoms with van der Waals surface area (Å²) in [7, 11) is -3.63. The molecule has 2 rings (SSSR count). The molecule has 0 spiro atoms. The second-order valence-electron chi connectivity index (χ2n) is 4.94. The molecule has 1 aliphatic heterocycles. The van der Waals surface area contributed by atoms with E-state index in [9.17, 15) is 8.42 Å². The number of rotatable bonds is 4. The highest BCUT2D eigenvalue weighted by molar-refractivity contribution is 7.89. The fourth-order valence-electron chi connectivity index (χ4n) is 2.49. The zero-order valence-corrected chi connectivity index (χ0v) is 13.3. The van der Waals surface area contributed by atoms with Crippen molar-refractivity contribution < 1.29 is 13.5 Å². The van der Waals surface area contributed by atoms with Crippen molar-refractivity contribution in [3.8, 4) is 0 Å². The van der Waals surface area contributed by atoms with Gasteiger partial charge in [-0.3, -0.25) is 0 Å². The van der Waals surface area contributed by atoms with Gasteiger partial charge in [0.1, 0.15) is 4.90 Å². The van der Waals surface area contributed by atoms with Crippen LogP contribution in [0, 0.1) is 5.92 Å². The summed E-state index contributed by atoms with van der Waals surface area (Å²) in [5, 5.41) is 9.30. The lowest BCUT2D eigenvalue weighted by Crippen LogP contribution is -2.40. The van der Waals surface area contributed by atoms with Gasteiger partial charge in [-0.15, -0.1) is 0 Å². The SMILES string of the molecule is O=S(=O)(c1cccc(Cl)c1Cl)N1CCCC(CCO)C1. The third-order valence-corrected chi connectivity index (χ3v) is 6.39. The number of halogens is 2. The third kappa shape index (κ3) is 3.28. The summed E-state index contributed by atoms with van der Waals surface area (Å²) < 4.78 is 26.7. The van der Waals surface area contributed by atoms with Crippen LogP contribution in [0.25, 0.3) is 0 Å². The lowest BCUT2D eigenvalue weighted by atomic mass is 9.97. The van der Waals surface area contributed by atoms with Gasteiger partial charge in [0.2, 0.25) is 10.0 Å². The minimum absolute atomic E-state index is 0.0521.